The lowest BCUT2D eigenvalue weighted by Gasteiger charge is -1.92. The van der Waals surface area contributed by atoms with Crippen molar-refractivity contribution in [1.29, 1.82) is 0 Å². The van der Waals surface area contributed by atoms with E-state index >= 15 is 0 Å². The van der Waals surface area contributed by atoms with Gasteiger partial charge in [-0.05, 0) is 36.6 Å². The summed E-state index contributed by atoms with van der Waals surface area (Å²) in [4.78, 5) is 1.43. The Kier molecular flexibility index (Phi) is 3.27. The van der Waals surface area contributed by atoms with Gasteiger partial charge in [0, 0.05) is 10.9 Å². The molecule has 0 atom stereocenters. The van der Waals surface area contributed by atoms with Gasteiger partial charge in [-0.1, -0.05) is 0 Å². The summed E-state index contributed by atoms with van der Waals surface area (Å²) in [5.41, 5.74) is 1.74. The van der Waals surface area contributed by atoms with Crippen LogP contribution in [-0.2, 0) is 6.54 Å². The number of furan rings is 1. The molecule has 8 nitrogen and oxygen atoms in total. The molecular weight excluding hydrogens is 316 g/mol. The summed E-state index contributed by atoms with van der Waals surface area (Å²) >= 11 is 1.59. The SMILES string of the molecule is Cc1cc(-c2nnc(Cn3nnc(-c4ccsc4)n3)o2)c(C)o1. The first kappa shape index (κ1) is 13.8. The van der Waals surface area contributed by atoms with Crippen LogP contribution in [0.15, 0.2) is 31.7 Å². The third-order valence-electron chi connectivity index (χ3n) is 3.25. The van der Waals surface area contributed by atoms with E-state index in [1.165, 1.54) is 4.80 Å². The molecule has 116 valence electrons. The van der Waals surface area contributed by atoms with Gasteiger partial charge in [0.1, 0.15) is 18.1 Å². The molecule has 4 aromatic rings. The Balaban J connectivity index is 1.55. The molecule has 0 aromatic carbocycles. The van der Waals surface area contributed by atoms with Crippen molar-refractivity contribution in [1.82, 2.24) is 30.4 Å². The average molecular weight is 328 g/mol. The molecule has 0 N–H and O–H groups in total. The van der Waals surface area contributed by atoms with Gasteiger partial charge in [-0.3, -0.25) is 0 Å². The van der Waals surface area contributed by atoms with E-state index in [9.17, 15) is 0 Å². The van der Waals surface area contributed by atoms with Gasteiger partial charge in [0.15, 0.2) is 0 Å². The molecule has 0 unspecified atom stereocenters. The van der Waals surface area contributed by atoms with Crippen molar-refractivity contribution >= 4 is 11.3 Å². The van der Waals surface area contributed by atoms with Crippen LogP contribution in [0.25, 0.3) is 22.8 Å². The first-order chi connectivity index (χ1) is 11.2. The second kappa shape index (κ2) is 5.43. The first-order valence-corrected chi connectivity index (χ1v) is 7.83. The molecule has 23 heavy (non-hydrogen) atoms. The van der Waals surface area contributed by atoms with Crippen molar-refractivity contribution in [2.24, 2.45) is 0 Å². The monoisotopic (exact) mass is 328 g/mol. The average Bonchev–Trinajstić information content (AvgIpc) is 3.27. The van der Waals surface area contributed by atoms with Crippen molar-refractivity contribution in [3.05, 3.63) is 40.3 Å². The maximum Gasteiger partial charge on any atom is 0.251 e. The molecule has 4 rings (SSSR count). The van der Waals surface area contributed by atoms with Crippen molar-refractivity contribution < 1.29 is 8.83 Å². The molecule has 0 spiro atoms. The van der Waals surface area contributed by atoms with Crippen LogP contribution in [-0.4, -0.2) is 30.4 Å². The van der Waals surface area contributed by atoms with Gasteiger partial charge in [0.05, 0.1) is 5.56 Å². The summed E-state index contributed by atoms with van der Waals surface area (Å²) < 4.78 is 11.1. The maximum absolute atomic E-state index is 5.66. The second-order valence-corrected chi connectivity index (χ2v) is 5.76. The summed E-state index contributed by atoms with van der Waals surface area (Å²) in [6.07, 6.45) is 0. The number of tetrazole rings is 1. The highest BCUT2D eigenvalue weighted by Crippen LogP contribution is 2.25. The minimum absolute atomic E-state index is 0.264. The van der Waals surface area contributed by atoms with Gasteiger partial charge in [-0.2, -0.15) is 16.1 Å². The van der Waals surface area contributed by atoms with Crippen LogP contribution in [0.1, 0.15) is 17.4 Å². The van der Waals surface area contributed by atoms with Crippen molar-refractivity contribution in [2.75, 3.05) is 0 Å². The number of rotatable bonds is 4. The van der Waals surface area contributed by atoms with Crippen LogP contribution in [0.3, 0.4) is 0 Å². The summed E-state index contributed by atoms with van der Waals surface area (Å²) in [6.45, 7) is 4.00. The largest absolute Gasteiger partial charge is 0.466 e. The summed E-state index contributed by atoms with van der Waals surface area (Å²) in [7, 11) is 0. The molecule has 0 aliphatic rings. The third kappa shape index (κ3) is 2.66. The fourth-order valence-electron chi connectivity index (χ4n) is 2.21. The summed E-state index contributed by atoms with van der Waals surface area (Å²) in [5, 5.41) is 24.3. The second-order valence-electron chi connectivity index (χ2n) is 4.98. The highest BCUT2D eigenvalue weighted by molar-refractivity contribution is 7.08. The minimum Gasteiger partial charge on any atom is -0.466 e. The molecule has 0 fully saturated rings. The van der Waals surface area contributed by atoms with Gasteiger partial charge < -0.3 is 8.83 Å². The molecule has 0 bridgehead atoms. The number of thiophene rings is 1. The van der Waals surface area contributed by atoms with E-state index in [0.717, 1.165) is 22.6 Å². The van der Waals surface area contributed by atoms with E-state index < -0.39 is 0 Å². The molecule has 0 amide bonds. The van der Waals surface area contributed by atoms with Crippen LogP contribution in [0, 0.1) is 13.8 Å². The molecule has 0 radical (unpaired) electrons. The molecule has 9 heteroatoms. The standard InChI is InChI=1S/C14H12N6O2S/c1-8-5-11(9(2)21-8)14-17-15-12(22-14)6-20-18-13(16-19-20)10-3-4-23-7-10/h3-5,7H,6H2,1-2H3. The maximum atomic E-state index is 5.66. The van der Waals surface area contributed by atoms with Crippen molar-refractivity contribution in [3.63, 3.8) is 0 Å². The fraction of sp³-hybridized carbons (Fsp3) is 0.214. The Labute approximate surface area is 134 Å². The Bertz CT molecular complexity index is 936. The number of nitrogens with zero attached hydrogens (tertiary/aromatic N) is 6. The van der Waals surface area contributed by atoms with E-state index in [0.29, 0.717) is 17.6 Å². The Hall–Kier alpha value is -2.81. The van der Waals surface area contributed by atoms with Gasteiger partial charge in [-0.25, -0.2) is 0 Å². The number of hydrogen-bond acceptors (Lipinski definition) is 8. The quantitative estimate of drug-likeness (QED) is 0.568. The lowest BCUT2D eigenvalue weighted by atomic mass is 10.2. The minimum atomic E-state index is 0.264. The van der Waals surface area contributed by atoms with E-state index in [1.54, 1.807) is 11.3 Å². The van der Waals surface area contributed by atoms with Gasteiger partial charge >= 0.3 is 0 Å². The first-order valence-electron chi connectivity index (χ1n) is 6.89. The zero-order chi connectivity index (χ0) is 15.8. The van der Waals surface area contributed by atoms with Crippen LogP contribution in [0.5, 0.6) is 0 Å². The highest BCUT2D eigenvalue weighted by atomic mass is 32.1. The molecule has 4 aromatic heterocycles. The normalized spacial score (nSPS) is 11.2. The van der Waals surface area contributed by atoms with Crippen LogP contribution >= 0.6 is 11.3 Å². The molecule has 0 aliphatic heterocycles. The van der Waals surface area contributed by atoms with E-state index in [1.807, 2.05) is 36.7 Å². The van der Waals surface area contributed by atoms with Gasteiger partial charge in [-0.15, -0.1) is 20.4 Å². The lowest BCUT2D eigenvalue weighted by molar-refractivity contribution is 0.445. The van der Waals surface area contributed by atoms with Gasteiger partial charge in [0.25, 0.3) is 5.89 Å². The fourth-order valence-corrected chi connectivity index (χ4v) is 2.84. The lowest BCUT2D eigenvalue weighted by Crippen LogP contribution is -2.04. The molecule has 4 heterocycles. The predicted molar refractivity (Wildman–Crippen MR) is 81.7 cm³/mol. The molecular formula is C14H12N6O2S. The Morgan fingerprint density at radius 3 is 2.83 bits per heavy atom. The summed E-state index contributed by atoms with van der Waals surface area (Å²) in [6, 6.07) is 3.82. The smallest absolute Gasteiger partial charge is 0.251 e. The predicted octanol–water partition coefficient (Wildman–Crippen LogP) is 2.71. The van der Waals surface area contributed by atoms with Crippen molar-refractivity contribution in [2.45, 2.75) is 20.4 Å². The van der Waals surface area contributed by atoms with E-state index in [-0.39, 0.29) is 6.54 Å². The van der Waals surface area contributed by atoms with Crippen LogP contribution < -0.4 is 0 Å². The number of aromatic nitrogens is 6. The zero-order valence-electron chi connectivity index (χ0n) is 12.4. The van der Waals surface area contributed by atoms with Crippen molar-refractivity contribution in [3.8, 4) is 22.8 Å². The zero-order valence-corrected chi connectivity index (χ0v) is 13.2. The Morgan fingerprint density at radius 1 is 1.17 bits per heavy atom. The molecule has 0 saturated heterocycles. The number of hydrogen-bond donors (Lipinski definition) is 0. The topological polar surface area (TPSA) is 95.7 Å². The van der Waals surface area contributed by atoms with Crippen LogP contribution in [0.4, 0.5) is 0 Å². The van der Waals surface area contributed by atoms with E-state index in [2.05, 4.69) is 25.6 Å². The van der Waals surface area contributed by atoms with Gasteiger partial charge in [0.2, 0.25) is 11.7 Å². The van der Waals surface area contributed by atoms with Crippen LogP contribution in [0.2, 0.25) is 0 Å². The molecule has 0 saturated carbocycles. The third-order valence-corrected chi connectivity index (χ3v) is 3.93. The summed E-state index contributed by atoms with van der Waals surface area (Å²) in [5.74, 6) is 2.96. The molecule has 0 aliphatic carbocycles. The Morgan fingerprint density at radius 2 is 2.09 bits per heavy atom. The number of aryl methyl sites for hydroxylation is 2. The van der Waals surface area contributed by atoms with E-state index in [4.69, 9.17) is 8.83 Å². The highest BCUT2D eigenvalue weighted by Gasteiger charge is 2.16.